The molecule has 3 rings (SSSR count). The third-order valence-corrected chi connectivity index (χ3v) is 5.69. The van der Waals surface area contributed by atoms with Crippen LogP contribution in [-0.4, -0.2) is 45.4 Å². The van der Waals surface area contributed by atoms with Crippen molar-refractivity contribution in [2.24, 2.45) is 5.41 Å². The van der Waals surface area contributed by atoms with Crippen LogP contribution in [-0.2, 0) is 22.6 Å². The summed E-state index contributed by atoms with van der Waals surface area (Å²) in [5, 5.41) is 2.99. The van der Waals surface area contributed by atoms with Crippen molar-refractivity contribution in [3.63, 3.8) is 0 Å². The fourth-order valence-electron chi connectivity index (χ4n) is 3.90. The lowest BCUT2D eigenvalue weighted by atomic mass is 9.96. The van der Waals surface area contributed by atoms with Crippen LogP contribution < -0.4 is 5.32 Å². The van der Waals surface area contributed by atoms with Crippen molar-refractivity contribution >= 4 is 22.8 Å². The van der Waals surface area contributed by atoms with Gasteiger partial charge in [0.25, 0.3) is 0 Å². The van der Waals surface area contributed by atoms with Gasteiger partial charge in [-0.15, -0.1) is 0 Å². The number of para-hydroxylation sites is 2. The number of amides is 2. The SMILES string of the molecule is CC1CCCCN1C(=O)Cn1c(CCCNC(=O)C(C)(C)C)nc2ccccc21. The molecule has 1 unspecified atom stereocenters. The van der Waals surface area contributed by atoms with Crippen LogP contribution in [0.25, 0.3) is 11.0 Å². The number of hydrogen-bond acceptors (Lipinski definition) is 3. The highest BCUT2D eigenvalue weighted by atomic mass is 16.2. The summed E-state index contributed by atoms with van der Waals surface area (Å²) in [6, 6.07) is 8.29. The topological polar surface area (TPSA) is 67.2 Å². The molecule has 2 amide bonds. The zero-order valence-electron chi connectivity index (χ0n) is 18.2. The van der Waals surface area contributed by atoms with E-state index in [1.54, 1.807) is 0 Å². The van der Waals surface area contributed by atoms with Crippen molar-refractivity contribution in [2.75, 3.05) is 13.1 Å². The van der Waals surface area contributed by atoms with E-state index in [1.807, 2.05) is 49.9 Å². The highest BCUT2D eigenvalue weighted by molar-refractivity contribution is 5.82. The number of hydrogen-bond donors (Lipinski definition) is 1. The Bertz CT molecular complexity index is 865. The van der Waals surface area contributed by atoms with Crippen LogP contribution in [0.5, 0.6) is 0 Å². The van der Waals surface area contributed by atoms with Gasteiger partial charge in [-0.1, -0.05) is 32.9 Å². The molecule has 0 aliphatic carbocycles. The Labute approximate surface area is 173 Å². The summed E-state index contributed by atoms with van der Waals surface area (Å²) in [5.41, 5.74) is 1.53. The molecule has 29 heavy (non-hydrogen) atoms. The van der Waals surface area contributed by atoms with Crippen LogP contribution in [0.1, 0.15) is 59.2 Å². The Morgan fingerprint density at radius 3 is 2.69 bits per heavy atom. The first-order chi connectivity index (χ1) is 13.8. The second-order valence-corrected chi connectivity index (χ2v) is 9.14. The maximum Gasteiger partial charge on any atom is 0.242 e. The number of fused-ring (bicyclic) bond motifs is 1. The standard InChI is InChI=1S/C23H34N4O2/c1-17-10-7-8-15-26(17)21(28)16-27-19-12-6-5-11-18(19)25-20(27)13-9-14-24-22(29)23(2,3)4/h5-6,11-12,17H,7-10,13-16H2,1-4H3,(H,24,29). The lowest BCUT2D eigenvalue weighted by molar-refractivity contribution is -0.135. The number of nitrogens with one attached hydrogen (secondary N) is 1. The van der Waals surface area contributed by atoms with Gasteiger partial charge in [0.15, 0.2) is 0 Å². The molecule has 1 aliphatic rings. The molecule has 1 fully saturated rings. The molecule has 0 bridgehead atoms. The zero-order chi connectivity index (χ0) is 21.0. The van der Waals surface area contributed by atoms with E-state index in [1.165, 1.54) is 6.42 Å². The monoisotopic (exact) mass is 398 g/mol. The highest BCUT2D eigenvalue weighted by Crippen LogP contribution is 2.21. The highest BCUT2D eigenvalue weighted by Gasteiger charge is 2.25. The number of nitrogens with zero attached hydrogens (tertiary/aromatic N) is 3. The molecule has 1 N–H and O–H groups in total. The number of carbonyl (C=O) groups excluding carboxylic acids is 2. The summed E-state index contributed by atoms with van der Waals surface area (Å²) in [7, 11) is 0. The van der Waals surface area contributed by atoms with Crippen molar-refractivity contribution in [2.45, 2.75) is 72.4 Å². The summed E-state index contributed by atoms with van der Waals surface area (Å²) >= 11 is 0. The second kappa shape index (κ2) is 8.97. The molecule has 0 spiro atoms. The molecule has 2 heterocycles. The summed E-state index contributed by atoms with van der Waals surface area (Å²) in [5.74, 6) is 1.14. The predicted molar refractivity (Wildman–Crippen MR) is 116 cm³/mol. The number of aryl methyl sites for hydroxylation is 1. The van der Waals surface area contributed by atoms with Crippen molar-refractivity contribution in [1.29, 1.82) is 0 Å². The van der Waals surface area contributed by atoms with Crippen LogP contribution in [0.2, 0.25) is 0 Å². The molecular formula is C23H34N4O2. The van der Waals surface area contributed by atoms with Gasteiger partial charge in [0.2, 0.25) is 11.8 Å². The molecule has 6 nitrogen and oxygen atoms in total. The average Bonchev–Trinajstić information content (AvgIpc) is 3.02. The summed E-state index contributed by atoms with van der Waals surface area (Å²) < 4.78 is 2.06. The Balaban J connectivity index is 1.70. The average molecular weight is 399 g/mol. The normalized spacial score (nSPS) is 17.5. The van der Waals surface area contributed by atoms with Gasteiger partial charge in [0.05, 0.1) is 11.0 Å². The molecule has 1 aromatic carbocycles. The van der Waals surface area contributed by atoms with Crippen LogP contribution in [0.15, 0.2) is 24.3 Å². The Morgan fingerprint density at radius 1 is 1.21 bits per heavy atom. The minimum atomic E-state index is -0.384. The van der Waals surface area contributed by atoms with Gasteiger partial charge >= 0.3 is 0 Å². The molecule has 0 radical (unpaired) electrons. The number of imidazole rings is 1. The van der Waals surface area contributed by atoms with Crippen LogP contribution in [0.4, 0.5) is 0 Å². The molecule has 2 aromatic rings. The van der Waals surface area contributed by atoms with Crippen molar-refractivity contribution in [3.8, 4) is 0 Å². The van der Waals surface area contributed by atoms with Gasteiger partial charge in [-0.25, -0.2) is 4.98 Å². The zero-order valence-corrected chi connectivity index (χ0v) is 18.2. The molecule has 0 saturated carbocycles. The first-order valence-corrected chi connectivity index (χ1v) is 10.8. The predicted octanol–water partition coefficient (Wildman–Crippen LogP) is 3.53. The molecule has 1 atom stereocenters. The van der Waals surface area contributed by atoms with Gasteiger partial charge in [-0.3, -0.25) is 9.59 Å². The van der Waals surface area contributed by atoms with E-state index in [0.717, 1.165) is 49.1 Å². The molecule has 158 valence electrons. The third-order valence-electron chi connectivity index (χ3n) is 5.69. The maximum absolute atomic E-state index is 13.0. The van der Waals surface area contributed by atoms with Gasteiger partial charge in [-0.05, 0) is 44.7 Å². The smallest absolute Gasteiger partial charge is 0.242 e. The van der Waals surface area contributed by atoms with E-state index >= 15 is 0 Å². The van der Waals surface area contributed by atoms with E-state index < -0.39 is 0 Å². The van der Waals surface area contributed by atoms with Crippen LogP contribution in [0.3, 0.4) is 0 Å². The second-order valence-electron chi connectivity index (χ2n) is 9.14. The van der Waals surface area contributed by atoms with Gasteiger partial charge in [0.1, 0.15) is 12.4 Å². The Morgan fingerprint density at radius 2 is 1.97 bits per heavy atom. The largest absolute Gasteiger partial charge is 0.356 e. The number of piperidine rings is 1. The van der Waals surface area contributed by atoms with E-state index in [-0.39, 0.29) is 17.2 Å². The van der Waals surface area contributed by atoms with Gasteiger partial charge in [0, 0.05) is 31.0 Å². The number of rotatable bonds is 6. The lowest BCUT2D eigenvalue weighted by Crippen LogP contribution is -2.43. The van der Waals surface area contributed by atoms with Crippen molar-refractivity contribution < 1.29 is 9.59 Å². The first-order valence-electron chi connectivity index (χ1n) is 10.8. The Hall–Kier alpha value is -2.37. The molecule has 1 saturated heterocycles. The molecular weight excluding hydrogens is 364 g/mol. The lowest BCUT2D eigenvalue weighted by Gasteiger charge is -2.33. The minimum absolute atomic E-state index is 0.0558. The van der Waals surface area contributed by atoms with E-state index in [9.17, 15) is 9.59 Å². The number of aromatic nitrogens is 2. The molecule has 1 aliphatic heterocycles. The fourth-order valence-corrected chi connectivity index (χ4v) is 3.90. The molecule has 6 heteroatoms. The maximum atomic E-state index is 13.0. The third kappa shape index (κ3) is 5.17. The summed E-state index contributed by atoms with van der Waals surface area (Å²) in [6.07, 6.45) is 4.88. The number of likely N-dealkylation sites (tertiary alicyclic amines) is 1. The van der Waals surface area contributed by atoms with Crippen molar-refractivity contribution in [3.05, 3.63) is 30.1 Å². The summed E-state index contributed by atoms with van der Waals surface area (Å²) in [6.45, 7) is 9.66. The van der Waals surface area contributed by atoms with Crippen LogP contribution >= 0.6 is 0 Å². The van der Waals surface area contributed by atoms with E-state index in [2.05, 4.69) is 16.8 Å². The van der Waals surface area contributed by atoms with Gasteiger partial charge in [-0.2, -0.15) is 0 Å². The van der Waals surface area contributed by atoms with Gasteiger partial charge < -0.3 is 14.8 Å². The first kappa shape index (κ1) is 21.3. The van der Waals surface area contributed by atoms with Crippen molar-refractivity contribution in [1.82, 2.24) is 19.8 Å². The molecule has 1 aromatic heterocycles. The minimum Gasteiger partial charge on any atom is -0.356 e. The quantitative estimate of drug-likeness (QED) is 0.757. The number of carbonyl (C=O) groups is 2. The van der Waals surface area contributed by atoms with E-state index in [4.69, 9.17) is 4.98 Å². The number of benzene rings is 1. The summed E-state index contributed by atoms with van der Waals surface area (Å²) in [4.78, 5) is 31.9. The fraction of sp³-hybridized carbons (Fsp3) is 0.609. The van der Waals surface area contributed by atoms with Crippen LogP contribution in [0, 0.1) is 5.41 Å². The van der Waals surface area contributed by atoms with E-state index in [0.29, 0.717) is 19.1 Å². The Kier molecular flexibility index (Phi) is 6.60.